The zero-order valence-corrected chi connectivity index (χ0v) is 9.44. The molecular formula is C11H13NO4. The van der Waals surface area contributed by atoms with Gasteiger partial charge in [0.1, 0.15) is 6.61 Å². The number of ether oxygens (including phenoxy) is 2. The second-order valence-corrected chi connectivity index (χ2v) is 4.39. The number of esters is 1. The van der Waals surface area contributed by atoms with E-state index in [2.05, 4.69) is 4.74 Å². The zero-order valence-electron chi connectivity index (χ0n) is 9.44. The van der Waals surface area contributed by atoms with Gasteiger partial charge in [-0.1, -0.05) is 0 Å². The van der Waals surface area contributed by atoms with Crippen molar-refractivity contribution in [3.63, 3.8) is 0 Å². The molecule has 0 bridgehead atoms. The molecule has 0 aromatic carbocycles. The third-order valence-corrected chi connectivity index (χ3v) is 2.67. The lowest BCUT2D eigenvalue weighted by Gasteiger charge is -2.14. The first-order valence-electron chi connectivity index (χ1n) is 4.95. The summed E-state index contributed by atoms with van der Waals surface area (Å²) < 4.78 is 10.5. The van der Waals surface area contributed by atoms with Gasteiger partial charge in [-0.25, -0.2) is 4.79 Å². The molecule has 0 aliphatic carbocycles. The van der Waals surface area contributed by atoms with E-state index in [0.717, 1.165) is 0 Å². The fourth-order valence-corrected chi connectivity index (χ4v) is 1.83. The molecule has 0 spiro atoms. The highest BCUT2D eigenvalue weighted by atomic mass is 16.5. The average Bonchev–Trinajstić information content (AvgIpc) is 2.55. The van der Waals surface area contributed by atoms with Crippen LogP contribution in [0.4, 0.5) is 0 Å². The van der Waals surface area contributed by atoms with E-state index < -0.39 is 5.97 Å². The number of fused-ring (bicyclic) bond motifs is 1. The van der Waals surface area contributed by atoms with Crippen LogP contribution in [0, 0.1) is 5.21 Å². The Labute approximate surface area is 93.2 Å². The van der Waals surface area contributed by atoms with Crippen LogP contribution in [-0.4, -0.2) is 19.7 Å². The summed E-state index contributed by atoms with van der Waals surface area (Å²) in [6.45, 7) is 4.23. The summed E-state index contributed by atoms with van der Waals surface area (Å²) in [5.41, 5.74) is 0.0800. The van der Waals surface area contributed by atoms with Crippen LogP contribution in [0.3, 0.4) is 0 Å². The Balaban J connectivity index is 2.60. The molecule has 0 unspecified atom stereocenters. The van der Waals surface area contributed by atoms with E-state index in [4.69, 9.17) is 4.74 Å². The summed E-state index contributed by atoms with van der Waals surface area (Å²) in [5, 5.41) is 12.0. The third kappa shape index (κ3) is 1.39. The maximum Gasteiger partial charge on any atom is 0.404 e. The zero-order chi connectivity index (χ0) is 11.9. The van der Waals surface area contributed by atoms with E-state index in [1.807, 2.05) is 13.8 Å². The molecule has 86 valence electrons. The number of carbonyl (C=O) groups is 1. The lowest BCUT2D eigenvalue weighted by molar-refractivity contribution is -0.619. The smallest absolute Gasteiger partial charge is 0.404 e. The van der Waals surface area contributed by atoms with Crippen molar-refractivity contribution in [1.82, 2.24) is 0 Å². The molecule has 1 aromatic rings. The van der Waals surface area contributed by atoms with Gasteiger partial charge >= 0.3 is 11.7 Å². The minimum Gasteiger partial charge on any atom is -0.618 e. The molecule has 2 heterocycles. The van der Waals surface area contributed by atoms with E-state index in [1.165, 1.54) is 13.2 Å². The summed E-state index contributed by atoms with van der Waals surface area (Å²) in [5.74, 6) is -0.104. The van der Waals surface area contributed by atoms with Gasteiger partial charge in [0.25, 0.3) is 0 Å². The average molecular weight is 223 g/mol. The third-order valence-electron chi connectivity index (χ3n) is 2.67. The predicted molar refractivity (Wildman–Crippen MR) is 55.3 cm³/mol. The van der Waals surface area contributed by atoms with Crippen LogP contribution in [0.5, 0.6) is 5.75 Å². The van der Waals surface area contributed by atoms with E-state index in [-0.39, 0.29) is 11.1 Å². The van der Waals surface area contributed by atoms with E-state index in [1.54, 1.807) is 6.07 Å². The van der Waals surface area contributed by atoms with Crippen molar-refractivity contribution >= 4 is 5.97 Å². The van der Waals surface area contributed by atoms with Gasteiger partial charge in [-0.15, -0.1) is 0 Å². The standard InChI is InChI=1S/C11H13NO4/c1-11(2)6-16-8-5-4-7(10(13)15-3)12(14)9(8)11/h4-5H,6H2,1-3H3. The first kappa shape index (κ1) is 10.7. The molecule has 5 nitrogen and oxygen atoms in total. The van der Waals surface area contributed by atoms with Crippen LogP contribution in [0.2, 0.25) is 0 Å². The highest BCUT2D eigenvalue weighted by Crippen LogP contribution is 2.35. The van der Waals surface area contributed by atoms with Gasteiger partial charge in [-0.2, -0.15) is 4.73 Å². The molecule has 0 atom stereocenters. The molecule has 0 amide bonds. The molecule has 0 fully saturated rings. The summed E-state index contributed by atoms with van der Waals surface area (Å²) in [6, 6.07) is 3.05. The molecule has 5 heteroatoms. The van der Waals surface area contributed by atoms with Crippen LogP contribution in [0.1, 0.15) is 30.0 Å². The first-order valence-corrected chi connectivity index (χ1v) is 4.95. The van der Waals surface area contributed by atoms with Crippen molar-refractivity contribution in [3.05, 3.63) is 28.7 Å². The fourth-order valence-electron chi connectivity index (χ4n) is 1.83. The monoisotopic (exact) mass is 223 g/mol. The molecule has 2 rings (SSSR count). The number of carbonyl (C=O) groups excluding carboxylic acids is 1. The van der Waals surface area contributed by atoms with Crippen LogP contribution >= 0.6 is 0 Å². The summed E-state index contributed by atoms with van der Waals surface area (Å²) in [6.07, 6.45) is 0. The molecule has 1 aliphatic rings. The molecule has 1 aliphatic heterocycles. The number of methoxy groups -OCH3 is 1. The molecule has 0 saturated carbocycles. The highest BCUT2D eigenvalue weighted by Gasteiger charge is 2.41. The van der Waals surface area contributed by atoms with Crippen molar-refractivity contribution < 1.29 is 19.0 Å². The van der Waals surface area contributed by atoms with Gasteiger partial charge in [-0.3, -0.25) is 0 Å². The van der Waals surface area contributed by atoms with Gasteiger partial charge in [0, 0.05) is 6.07 Å². The van der Waals surface area contributed by atoms with Gasteiger partial charge in [0.15, 0.2) is 5.75 Å². The molecule has 16 heavy (non-hydrogen) atoms. The largest absolute Gasteiger partial charge is 0.618 e. The Bertz CT molecular complexity index is 454. The quantitative estimate of drug-likeness (QED) is 0.401. The Morgan fingerprint density at radius 3 is 2.88 bits per heavy atom. The van der Waals surface area contributed by atoms with Crippen LogP contribution in [-0.2, 0) is 10.2 Å². The summed E-state index contributed by atoms with van der Waals surface area (Å²) in [4.78, 5) is 11.4. The van der Waals surface area contributed by atoms with Crippen LogP contribution in [0.25, 0.3) is 0 Å². The molecule has 0 N–H and O–H groups in total. The number of nitrogens with zero attached hydrogens (tertiary/aromatic N) is 1. The second-order valence-electron chi connectivity index (χ2n) is 4.39. The van der Waals surface area contributed by atoms with Crippen molar-refractivity contribution in [2.24, 2.45) is 0 Å². The Morgan fingerprint density at radius 1 is 1.56 bits per heavy atom. The lowest BCUT2D eigenvalue weighted by atomic mass is 9.91. The van der Waals surface area contributed by atoms with Gasteiger partial charge in [0.05, 0.1) is 12.5 Å². The number of aromatic nitrogens is 1. The maximum absolute atomic E-state index is 12.0. The SMILES string of the molecule is COC(=O)c1ccc2c([n+]1[O-])C(C)(C)CO2. The van der Waals surface area contributed by atoms with Crippen LogP contribution in [0.15, 0.2) is 12.1 Å². The topological polar surface area (TPSA) is 62.5 Å². The van der Waals surface area contributed by atoms with Crippen molar-refractivity contribution in [2.45, 2.75) is 19.3 Å². The molecule has 1 aromatic heterocycles. The Hall–Kier alpha value is -1.78. The van der Waals surface area contributed by atoms with E-state index >= 15 is 0 Å². The van der Waals surface area contributed by atoms with Crippen molar-refractivity contribution in [3.8, 4) is 5.75 Å². The van der Waals surface area contributed by atoms with Gasteiger partial charge in [-0.05, 0) is 19.9 Å². The Morgan fingerprint density at radius 2 is 2.25 bits per heavy atom. The molecule has 0 saturated heterocycles. The van der Waals surface area contributed by atoms with Crippen molar-refractivity contribution in [2.75, 3.05) is 13.7 Å². The minimum absolute atomic E-state index is 0.0141. The van der Waals surface area contributed by atoms with Crippen LogP contribution < -0.4 is 9.47 Å². The normalized spacial score (nSPS) is 16.4. The van der Waals surface area contributed by atoms with Gasteiger partial charge < -0.3 is 14.7 Å². The predicted octanol–water partition coefficient (Wildman–Crippen LogP) is 0.777. The number of hydrogen-bond donors (Lipinski definition) is 0. The molecule has 0 radical (unpaired) electrons. The number of pyridine rings is 1. The minimum atomic E-state index is -0.638. The lowest BCUT2D eigenvalue weighted by Crippen LogP contribution is -2.43. The van der Waals surface area contributed by atoms with Gasteiger partial charge in [0.2, 0.25) is 5.69 Å². The fraction of sp³-hybridized carbons (Fsp3) is 0.455. The first-order chi connectivity index (χ1) is 7.47. The number of hydrogen-bond acceptors (Lipinski definition) is 4. The van der Waals surface area contributed by atoms with E-state index in [9.17, 15) is 10.0 Å². The Kier molecular flexibility index (Phi) is 2.26. The molecular weight excluding hydrogens is 210 g/mol. The van der Waals surface area contributed by atoms with Crippen molar-refractivity contribution in [1.29, 1.82) is 0 Å². The van der Waals surface area contributed by atoms with E-state index in [0.29, 0.717) is 22.8 Å². The summed E-state index contributed by atoms with van der Waals surface area (Å²) in [7, 11) is 1.25. The highest BCUT2D eigenvalue weighted by molar-refractivity contribution is 5.85. The maximum atomic E-state index is 12.0. The number of rotatable bonds is 1. The summed E-state index contributed by atoms with van der Waals surface area (Å²) >= 11 is 0. The second kappa shape index (κ2) is 3.37.